The number of methoxy groups -OCH3 is 1. The number of hydrogen-bond acceptors (Lipinski definition) is 3. The Morgan fingerprint density at radius 2 is 1.95 bits per heavy atom. The molecule has 1 saturated carbocycles. The molecule has 0 bridgehead atoms. The fourth-order valence-corrected chi connectivity index (χ4v) is 2.73. The molecule has 1 aliphatic rings. The molecule has 1 atom stereocenters. The quantitative estimate of drug-likeness (QED) is 0.791. The van der Waals surface area contributed by atoms with Crippen LogP contribution in [0.4, 0.5) is 0 Å². The summed E-state index contributed by atoms with van der Waals surface area (Å²) in [5, 5.41) is 3.69. The topological polar surface area (TPSA) is 30.5 Å². The first-order valence-electron chi connectivity index (χ1n) is 7.71. The van der Waals surface area contributed by atoms with Crippen LogP contribution in [0.25, 0.3) is 0 Å². The lowest BCUT2D eigenvalue weighted by Crippen LogP contribution is -2.48. The lowest BCUT2D eigenvalue weighted by atomic mass is 9.88. The van der Waals surface area contributed by atoms with Crippen molar-refractivity contribution in [1.82, 2.24) is 5.32 Å². The van der Waals surface area contributed by atoms with E-state index in [9.17, 15) is 0 Å². The fraction of sp³-hybridized carbons (Fsp3) is 0.647. The minimum atomic E-state index is 0.492. The number of rotatable bonds is 8. The second-order valence-corrected chi connectivity index (χ2v) is 5.70. The van der Waals surface area contributed by atoms with Gasteiger partial charge in [-0.3, -0.25) is 0 Å². The lowest BCUT2D eigenvalue weighted by molar-refractivity contribution is -0.0121. The van der Waals surface area contributed by atoms with Crippen LogP contribution >= 0.6 is 0 Å². The zero-order chi connectivity index (χ0) is 14.4. The summed E-state index contributed by atoms with van der Waals surface area (Å²) >= 11 is 0. The molecule has 0 aliphatic heterocycles. The minimum Gasteiger partial charge on any atom is -0.497 e. The summed E-state index contributed by atoms with van der Waals surface area (Å²) in [6.45, 7) is 5.18. The van der Waals surface area contributed by atoms with Crippen molar-refractivity contribution in [1.29, 1.82) is 0 Å². The molecule has 0 saturated heterocycles. The maximum atomic E-state index is 5.59. The molecule has 1 aromatic rings. The van der Waals surface area contributed by atoms with E-state index in [0.717, 1.165) is 18.8 Å². The Morgan fingerprint density at radius 1 is 1.25 bits per heavy atom. The van der Waals surface area contributed by atoms with Gasteiger partial charge in [0.05, 0.1) is 13.2 Å². The summed E-state index contributed by atoms with van der Waals surface area (Å²) in [6, 6.07) is 9.58. The second-order valence-electron chi connectivity index (χ2n) is 5.70. The maximum absolute atomic E-state index is 5.59. The van der Waals surface area contributed by atoms with Crippen molar-refractivity contribution in [2.24, 2.45) is 0 Å². The fourth-order valence-electron chi connectivity index (χ4n) is 2.73. The van der Waals surface area contributed by atoms with Gasteiger partial charge in [-0.25, -0.2) is 0 Å². The minimum absolute atomic E-state index is 0.492. The van der Waals surface area contributed by atoms with Crippen LogP contribution in [0.1, 0.15) is 38.7 Å². The number of aryl methyl sites for hydroxylation is 1. The van der Waals surface area contributed by atoms with Crippen LogP contribution in [0.5, 0.6) is 5.75 Å². The van der Waals surface area contributed by atoms with Gasteiger partial charge in [-0.1, -0.05) is 12.1 Å². The second kappa shape index (κ2) is 7.65. The van der Waals surface area contributed by atoms with Crippen molar-refractivity contribution in [3.05, 3.63) is 29.8 Å². The summed E-state index contributed by atoms with van der Waals surface area (Å²) in [5.74, 6) is 0.927. The zero-order valence-electron chi connectivity index (χ0n) is 12.9. The first kappa shape index (κ1) is 15.3. The van der Waals surface area contributed by atoms with Crippen molar-refractivity contribution in [3.8, 4) is 5.75 Å². The van der Waals surface area contributed by atoms with E-state index in [1.165, 1.54) is 24.8 Å². The Hall–Kier alpha value is -1.06. The van der Waals surface area contributed by atoms with Gasteiger partial charge in [-0.05, 0) is 57.2 Å². The Balaban J connectivity index is 1.63. The highest BCUT2D eigenvalue weighted by molar-refractivity contribution is 5.27. The Kier molecular flexibility index (Phi) is 5.86. The molecule has 1 fully saturated rings. The van der Waals surface area contributed by atoms with Crippen molar-refractivity contribution in [2.45, 2.75) is 57.7 Å². The van der Waals surface area contributed by atoms with Gasteiger partial charge in [0.2, 0.25) is 0 Å². The smallest absolute Gasteiger partial charge is 0.118 e. The zero-order valence-corrected chi connectivity index (χ0v) is 12.9. The van der Waals surface area contributed by atoms with E-state index in [2.05, 4.69) is 31.3 Å². The predicted octanol–water partition coefficient (Wildman–Crippen LogP) is 3.17. The summed E-state index contributed by atoms with van der Waals surface area (Å²) in [7, 11) is 1.70. The molecule has 1 aromatic carbocycles. The van der Waals surface area contributed by atoms with Crippen LogP contribution in [-0.2, 0) is 11.2 Å². The number of ether oxygens (including phenoxy) is 2. The van der Waals surface area contributed by atoms with E-state index >= 15 is 0 Å². The van der Waals surface area contributed by atoms with Gasteiger partial charge in [-0.15, -0.1) is 0 Å². The van der Waals surface area contributed by atoms with E-state index in [1.54, 1.807) is 7.11 Å². The molecule has 0 spiro atoms. The van der Waals surface area contributed by atoms with Gasteiger partial charge < -0.3 is 14.8 Å². The lowest BCUT2D eigenvalue weighted by Gasteiger charge is -2.37. The first-order chi connectivity index (χ1) is 9.71. The predicted molar refractivity (Wildman–Crippen MR) is 82.3 cm³/mol. The average molecular weight is 277 g/mol. The summed E-state index contributed by atoms with van der Waals surface area (Å²) in [4.78, 5) is 0. The van der Waals surface area contributed by atoms with Crippen LogP contribution in [0.3, 0.4) is 0 Å². The molecule has 0 aromatic heterocycles. The van der Waals surface area contributed by atoms with Crippen LogP contribution in [0.15, 0.2) is 24.3 Å². The largest absolute Gasteiger partial charge is 0.497 e. The molecule has 1 unspecified atom stereocenters. The third kappa shape index (κ3) is 4.50. The molecule has 112 valence electrons. The SMILES string of the molecule is CCOC1CC(NC(C)CCc2ccc(OC)cc2)C1. The number of benzene rings is 1. The molecule has 3 heteroatoms. The van der Waals surface area contributed by atoms with E-state index in [0.29, 0.717) is 18.2 Å². The standard InChI is InChI=1S/C17H27NO2/c1-4-20-17-11-15(12-17)18-13(2)5-6-14-7-9-16(19-3)10-8-14/h7-10,13,15,17-18H,4-6,11-12H2,1-3H3. The highest BCUT2D eigenvalue weighted by Crippen LogP contribution is 2.24. The molecule has 1 N–H and O–H groups in total. The van der Waals surface area contributed by atoms with Gasteiger partial charge in [0.15, 0.2) is 0 Å². The molecule has 3 nitrogen and oxygen atoms in total. The van der Waals surface area contributed by atoms with Gasteiger partial charge in [-0.2, -0.15) is 0 Å². The van der Waals surface area contributed by atoms with Crippen LogP contribution in [0.2, 0.25) is 0 Å². The van der Waals surface area contributed by atoms with E-state index < -0.39 is 0 Å². The summed E-state index contributed by atoms with van der Waals surface area (Å²) in [5.41, 5.74) is 1.38. The van der Waals surface area contributed by atoms with Crippen LogP contribution < -0.4 is 10.1 Å². The molecular weight excluding hydrogens is 250 g/mol. The third-order valence-electron chi connectivity index (χ3n) is 4.04. The van der Waals surface area contributed by atoms with Crippen LogP contribution in [0, 0.1) is 0 Å². The van der Waals surface area contributed by atoms with Crippen molar-refractivity contribution in [3.63, 3.8) is 0 Å². The number of nitrogens with one attached hydrogen (secondary N) is 1. The Morgan fingerprint density at radius 3 is 2.55 bits per heavy atom. The third-order valence-corrected chi connectivity index (χ3v) is 4.04. The van der Waals surface area contributed by atoms with E-state index in [1.807, 2.05) is 12.1 Å². The van der Waals surface area contributed by atoms with Crippen LogP contribution in [-0.4, -0.2) is 31.9 Å². The Labute approximate surface area is 122 Å². The molecule has 0 amide bonds. The molecule has 0 heterocycles. The molecular formula is C17H27NO2. The van der Waals surface area contributed by atoms with Gasteiger partial charge in [0, 0.05) is 18.7 Å². The van der Waals surface area contributed by atoms with E-state index in [4.69, 9.17) is 9.47 Å². The monoisotopic (exact) mass is 277 g/mol. The summed E-state index contributed by atoms with van der Waals surface area (Å²) in [6.07, 6.45) is 5.11. The highest BCUT2D eigenvalue weighted by Gasteiger charge is 2.29. The summed E-state index contributed by atoms with van der Waals surface area (Å²) < 4.78 is 10.8. The van der Waals surface area contributed by atoms with Gasteiger partial charge in [0.25, 0.3) is 0 Å². The Bertz CT molecular complexity index is 384. The highest BCUT2D eigenvalue weighted by atomic mass is 16.5. The van der Waals surface area contributed by atoms with Crippen molar-refractivity contribution in [2.75, 3.05) is 13.7 Å². The van der Waals surface area contributed by atoms with Crippen molar-refractivity contribution < 1.29 is 9.47 Å². The molecule has 0 radical (unpaired) electrons. The normalized spacial score (nSPS) is 23.1. The van der Waals surface area contributed by atoms with E-state index in [-0.39, 0.29) is 0 Å². The molecule has 20 heavy (non-hydrogen) atoms. The van der Waals surface area contributed by atoms with Crippen molar-refractivity contribution >= 4 is 0 Å². The molecule has 2 rings (SSSR count). The van der Waals surface area contributed by atoms with Gasteiger partial charge in [0.1, 0.15) is 5.75 Å². The number of hydrogen-bond donors (Lipinski definition) is 1. The van der Waals surface area contributed by atoms with Gasteiger partial charge >= 0.3 is 0 Å². The molecule has 1 aliphatic carbocycles. The average Bonchev–Trinajstić information content (AvgIpc) is 2.43. The first-order valence-corrected chi connectivity index (χ1v) is 7.71. The maximum Gasteiger partial charge on any atom is 0.118 e.